The van der Waals surface area contributed by atoms with Crippen LogP contribution in [0, 0.1) is 0 Å². The maximum absolute atomic E-state index is 11.9. The van der Waals surface area contributed by atoms with Gasteiger partial charge in [-0.1, -0.05) is 6.07 Å². The highest BCUT2D eigenvalue weighted by Crippen LogP contribution is 2.40. The molecule has 0 fully saturated rings. The number of methoxy groups -OCH3 is 4. The predicted octanol–water partition coefficient (Wildman–Crippen LogP) is 4.07. The molecule has 6 nitrogen and oxygen atoms in total. The molecule has 2 aromatic rings. The van der Waals surface area contributed by atoms with Gasteiger partial charge in [-0.2, -0.15) is 0 Å². The van der Waals surface area contributed by atoms with Crippen molar-refractivity contribution in [2.24, 2.45) is 0 Å². The number of benzene rings is 2. The van der Waals surface area contributed by atoms with Gasteiger partial charge in [0.2, 0.25) is 5.75 Å². The Morgan fingerprint density at radius 2 is 1.52 bits per heavy atom. The number of ether oxygens (including phenoxy) is 4. The molecule has 0 saturated heterocycles. The summed E-state index contributed by atoms with van der Waals surface area (Å²) in [6.45, 7) is 0. The molecule has 0 atom stereocenters. The highest BCUT2D eigenvalue weighted by Gasteiger charge is 2.19. The van der Waals surface area contributed by atoms with Crippen LogP contribution in [0.3, 0.4) is 0 Å². The van der Waals surface area contributed by atoms with Crippen molar-refractivity contribution in [1.82, 2.24) is 0 Å². The lowest BCUT2D eigenvalue weighted by molar-refractivity contribution is -0.130. The first-order valence-electron chi connectivity index (χ1n) is 7.96. The zero-order valence-electron chi connectivity index (χ0n) is 15.9. The third kappa shape index (κ3) is 4.49. The van der Waals surface area contributed by atoms with E-state index in [2.05, 4.69) is 0 Å². The SMILES string of the molecule is COc1cc(/C=C(/C(=O)O)c2cc(OC)c(OC)c(OC)c2)ccc1SC. The van der Waals surface area contributed by atoms with Crippen LogP contribution in [0.5, 0.6) is 23.0 Å². The van der Waals surface area contributed by atoms with Crippen molar-refractivity contribution in [3.05, 3.63) is 41.5 Å². The molecule has 1 N–H and O–H groups in total. The smallest absolute Gasteiger partial charge is 0.336 e. The topological polar surface area (TPSA) is 74.2 Å². The van der Waals surface area contributed by atoms with E-state index in [-0.39, 0.29) is 5.57 Å². The van der Waals surface area contributed by atoms with Gasteiger partial charge in [0.15, 0.2) is 11.5 Å². The quantitative estimate of drug-likeness (QED) is 0.414. The van der Waals surface area contributed by atoms with Crippen molar-refractivity contribution in [2.75, 3.05) is 34.7 Å². The Morgan fingerprint density at radius 1 is 0.926 bits per heavy atom. The molecule has 2 aromatic carbocycles. The van der Waals surface area contributed by atoms with Crippen molar-refractivity contribution in [3.63, 3.8) is 0 Å². The van der Waals surface area contributed by atoms with Crippen LogP contribution in [0.25, 0.3) is 11.6 Å². The molecule has 27 heavy (non-hydrogen) atoms. The highest BCUT2D eigenvalue weighted by molar-refractivity contribution is 7.98. The maximum atomic E-state index is 11.9. The Morgan fingerprint density at radius 3 is 1.96 bits per heavy atom. The van der Waals surface area contributed by atoms with Gasteiger partial charge in [0.05, 0.1) is 34.0 Å². The van der Waals surface area contributed by atoms with Crippen LogP contribution >= 0.6 is 11.8 Å². The van der Waals surface area contributed by atoms with Gasteiger partial charge in [-0.3, -0.25) is 0 Å². The largest absolute Gasteiger partial charge is 0.496 e. The Kier molecular flexibility index (Phi) is 7.01. The van der Waals surface area contributed by atoms with E-state index < -0.39 is 5.97 Å². The Balaban J connectivity index is 2.61. The van der Waals surface area contributed by atoms with Crippen molar-refractivity contribution in [1.29, 1.82) is 0 Å². The number of hydrogen-bond donors (Lipinski definition) is 1. The average molecular weight is 390 g/mol. The van der Waals surface area contributed by atoms with Gasteiger partial charge in [0.1, 0.15) is 5.75 Å². The standard InChI is InChI=1S/C20H22O6S/c1-23-15-9-12(6-7-18(15)27-5)8-14(20(21)22)13-10-16(24-2)19(26-4)17(11-13)25-3/h6-11H,1-5H3,(H,21,22)/b14-8+. The Labute approximate surface area is 162 Å². The second-order valence-corrected chi connectivity index (χ2v) is 6.24. The number of rotatable bonds is 8. The summed E-state index contributed by atoms with van der Waals surface area (Å²) in [6, 6.07) is 8.75. The molecule has 0 radical (unpaired) electrons. The van der Waals surface area contributed by atoms with Gasteiger partial charge in [-0.05, 0) is 47.7 Å². The normalized spacial score (nSPS) is 11.1. The minimum Gasteiger partial charge on any atom is -0.496 e. The number of thioether (sulfide) groups is 1. The molecule has 0 aliphatic heterocycles. The molecule has 0 aliphatic rings. The van der Waals surface area contributed by atoms with Gasteiger partial charge >= 0.3 is 5.97 Å². The van der Waals surface area contributed by atoms with Crippen LogP contribution in [0.2, 0.25) is 0 Å². The number of aliphatic carboxylic acids is 1. The molecule has 144 valence electrons. The van der Waals surface area contributed by atoms with E-state index >= 15 is 0 Å². The van der Waals surface area contributed by atoms with E-state index in [0.29, 0.717) is 34.1 Å². The van der Waals surface area contributed by atoms with E-state index in [1.165, 1.54) is 21.3 Å². The van der Waals surface area contributed by atoms with E-state index in [0.717, 1.165) is 4.90 Å². The van der Waals surface area contributed by atoms with E-state index in [9.17, 15) is 9.90 Å². The molecule has 0 aromatic heterocycles. The molecule has 0 saturated carbocycles. The lowest BCUT2D eigenvalue weighted by atomic mass is 10.0. The van der Waals surface area contributed by atoms with Gasteiger partial charge in [-0.15, -0.1) is 11.8 Å². The summed E-state index contributed by atoms with van der Waals surface area (Å²) < 4.78 is 21.3. The van der Waals surface area contributed by atoms with Crippen LogP contribution in [0.15, 0.2) is 35.2 Å². The van der Waals surface area contributed by atoms with Crippen LogP contribution in [0.4, 0.5) is 0 Å². The molecular weight excluding hydrogens is 368 g/mol. The van der Waals surface area contributed by atoms with Crippen molar-refractivity contribution in [3.8, 4) is 23.0 Å². The number of hydrogen-bond acceptors (Lipinski definition) is 6. The number of carbonyl (C=O) groups is 1. The molecule has 2 rings (SSSR count). The molecule has 0 spiro atoms. The molecule has 0 amide bonds. The zero-order valence-corrected chi connectivity index (χ0v) is 16.7. The van der Waals surface area contributed by atoms with Gasteiger partial charge in [-0.25, -0.2) is 4.79 Å². The first-order chi connectivity index (χ1) is 13.0. The fourth-order valence-electron chi connectivity index (χ4n) is 2.61. The third-order valence-electron chi connectivity index (χ3n) is 3.92. The second-order valence-electron chi connectivity index (χ2n) is 5.39. The Hall–Kier alpha value is -2.80. The molecule has 0 aliphatic carbocycles. The van der Waals surface area contributed by atoms with Crippen molar-refractivity contribution >= 4 is 29.4 Å². The summed E-state index contributed by atoms with van der Waals surface area (Å²) in [6.07, 6.45) is 3.53. The fourth-order valence-corrected chi connectivity index (χ4v) is 3.16. The van der Waals surface area contributed by atoms with Crippen LogP contribution in [-0.4, -0.2) is 45.8 Å². The Bertz CT molecular complexity index is 835. The third-order valence-corrected chi connectivity index (χ3v) is 4.70. The van der Waals surface area contributed by atoms with Crippen LogP contribution in [-0.2, 0) is 4.79 Å². The summed E-state index contributed by atoms with van der Waals surface area (Å²) >= 11 is 1.56. The summed E-state index contributed by atoms with van der Waals surface area (Å²) in [5, 5.41) is 9.75. The molecule has 0 unspecified atom stereocenters. The van der Waals surface area contributed by atoms with Gasteiger partial charge in [0, 0.05) is 4.90 Å². The average Bonchev–Trinajstić information content (AvgIpc) is 2.70. The van der Waals surface area contributed by atoms with Gasteiger partial charge in [0.25, 0.3) is 0 Å². The fraction of sp³-hybridized carbons (Fsp3) is 0.250. The van der Waals surface area contributed by atoms with Crippen molar-refractivity contribution < 1.29 is 28.8 Å². The lowest BCUT2D eigenvalue weighted by Gasteiger charge is -2.14. The summed E-state index contributed by atoms with van der Waals surface area (Å²) in [5.41, 5.74) is 1.23. The summed E-state index contributed by atoms with van der Waals surface area (Å²) in [4.78, 5) is 12.9. The minimum atomic E-state index is -1.07. The zero-order chi connectivity index (χ0) is 20.0. The second kappa shape index (κ2) is 9.23. The molecule has 7 heteroatoms. The molecular formula is C20H22O6S. The summed E-state index contributed by atoms with van der Waals surface area (Å²) in [5.74, 6) is 0.783. The molecule has 0 heterocycles. The van der Waals surface area contributed by atoms with Crippen molar-refractivity contribution in [2.45, 2.75) is 4.90 Å². The maximum Gasteiger partial charge on any atom is 0.336 e. The van der Waals surface area contributed by atoms with Gasteiger partial charge < -0.3 is 24.1 Å². The van der Waals surface area contributed by atoms with Crippen LogP contribution < -0.4 is 18.9 Å². The monoisotopic (exact) mass is 390 g/mol. The van der Waals surface area contributed by atoms with E-state index in [1.807, 2.05) is 18.4 Å². The predicted molar refractivity (Wildman–Crippen MR) is 106 cm³/mol. The number of carboxylic acid groups (broad SMARTS) is 1. The number of carboxylic acids is 1. The van der Waals surface area contributed by atoms with E-state index in [4.69, 9.17) is 18.9 Å². The minimum absolute atomic E-state index is 0.0909. The first kappa shape index (κ1) is 20.5. The summed E-state index contributed by atoms with van der Waals surface area (Å²) in [7, 11) is 6.04. The van der Waals surface area contributed by atoms with E-state index in [1.54, 1.807) is 43.1 Å². The first-order valence-corrected chi connectivity index (χ1v) is 9.18. The lowest BCUT2D eigenvalue weighted by Crippen LogP contribution is -2.02. The highest BCUT2D eigenvalue weighted by atomic mass is 32.2. The molecule has 0 bridgehead atoms. The van der Waals surface area contributed by atoms with Crippen LogP contribution in [0.1, 0.15) is 11.1 Å².